The van der Waals surface area contributed by atoms with Gasteiger partial charge in [-0.3, -0.25) is 4.68 Å². The minimum atomic E-state index is -0.574. The first-order chi connectivity index (χ1) is 10.0. The molecule has 0 fully saturated rings. The zero-order chi connectivity index (χ0) is 15.4. The normalized spacial score (nSPS) is 14.0. The number of hydrogen-bond acceptors (Lipinski definition) is 3. The van der Waals surface area contributed by atoms with Crippen LogP contribution in [0, 0.1) is 0 Å². The van der Waals surface area contributed by atoms with Crippen molar-refractivity contribution in [3.05, 3.63) is 46.2 Å². The van der Waals surface area contributed by atoms with Crippen molar-refractivity contribution in [1.82, 2.24) is 9.78 Å². The molecule has 1 heterocycles. The topological polar surface area (TPSA) is 47.3 Å². The van der Waals surface area contributed by atoms with Gasteiger partial charge in [-0.1, -0.05) is 22.9 Å². The quantitative estimate of drug-likeness (QED) is 0.845. The lowest BCUT2D eigenvalue weighted by molar-refractivity contribution is 0.189. The number of nitrogens with zero attached hydrogens (tertiary/aromatic N) is 2. The van der Waals surface area contributed by atoms with E-state index in [-0.39, 0.29) is 0 Å². The Bertz CT molecular complexity index is 596. The molecule has 0 amide bonds. The molecule has 1 aromatic carbocycles. The summed E-state index contributed by atoms with van der Waals surface area (Å²) in [4.78, 5) is 0. The minimum Gasteiger partial charge on any atom is -0.487 e. The Balaban J connectivity index is 2.08. The molecule has 2 rings (SSSR count). The van der Waals surface area contributed by atoms with E-state index in [2.05, 4.69) is 34.9 Å². The van der Waals surface area contributed by atoms with Crippen molar-refractivity contribution in [3.63, 3.8) is 0 Å². The highest BCUT2D eigenvalue weighted by atomic mass is 79.9. The number of halogens is 1. The summed E-state index contributed by atoms with van der Waals surface area (Å²) in [6.45, 7) is 6.40. The van der Waals surface area contributed by atoms with E-state index in [1.807, 2.05) is 35.1 Å². The summed E-state index contributed by atoms with van der Waals surface area (Å²) in [5.74, 6) is 0.686. The van der Waals surface area contributed by atoms with Gasteiger partial charge in [0.1, 0.15) is 12.4 Å². The molecule has 0 saturated heterocycles. The summed E-state index contributed by atoms with van der Waals surface area (Å²) in [5, 5.41) is 14.3. The van der Waals surface area contributed by atoms with E-state index >= 15 is 0 Å². The van der Waals surface area contributed by atoms with Gasteiger partial charge >= 0.3 is 0 Å². The summed E-state index contributed by atoms with van der Waals surface area (Å²) >= 11 is 3.41. The Labute approximate surface area is 133 Å². The van der Waals surface area contributed by atoms with E-state index in [9.17, 15) is 5.11 Å². The summed E-state index contributed by atoms with van der Waals surface area (Å²) in [7, 11) is 0. The molecule has 21 heavy (non-hydrogen) atoms. The van der Waals surface area contributed by atoms with Crippen molar-refractivity contribution in [2.75, 3.05) is 0 Å². The molecule has 0 aliphatic rings. The van der Waals surface area contributed by atoms with Gasteiger partial charge in [-0.15, -0.1) is 0 Å². The second-order valence-corrected chi connectivity index (χ2v) is 6.11. The molecule has 2 aromatic rings. The first-order valence-corrected chi connectivity index (χ1v) is 7.95. The molecular formula is C16H21BrN2O2. The van der Waals surface area contributed by atoms with Crippen molar-refractivity contribution in [2.24, 2.45) is 0 Å². The molecule has 0 saturated carbocycles. The van der Waals surface area contributed by atoms with Gasteiger partial charge in [0.25, 0.3) is 0 Å². The largest absolute Gasteiger partial charge is 0.487 e. The van der Waals surface area contributed by atoms with Crippen LogP contribution >= 0.6 is 15.9 Å². The lowest BCUT2D eigenvalue weighted by Crippen LogP contribution is -2.06. The van der Waals surface area contributed by atoms with Crippen molar-refractivity contribution in [3.8, 4) is 5.75 Å². The van der Waals surface area contributed by atoms with Gasteiger partial charge < -0.3 is 9.84 Å². The smallest absolute Gasteiger partial charge is 0.132 e. The Hall–Kier alpha value is -1.33. The zero-order valence-electron chi connectivity index (χ0n) is 12.6. The number of aliphatic hydroxyl groups is 1. The molecule has 4 nitrogen and oxygen atoms in total. The summed E-state index contributed by atoms with van der Waals surface area (Å²) in [5.41, 5.74) is 1.65. The maximum atomic E-state index is 9.81. The average Bonchev–Trinajstić information content (AvgIpc) is 2.93. The molecule has 0 aliphatic heterocycles. The van der Waals surface area contributed by atoms with Crippen LogP contribution in [0.15, 0.2) is 34.9 Å². The van der Waals surface area contributed by atoms with Gasteiger partial charge in [-0.2, -0.15) is 5.10 Å². The number of aromatic nitrogens is 2. The van der Waals surface area contributed by atoms with Crippen LogP contribution in [0.5, 0.6) is 5.75 Å². The highest BCUT2D eigenvalue weighted by Gasteiger charge is 2.11. The molecule has 114 valence electrons. The maximum Gasteiger partial charge on any atom is 0.132 e. The van der Waals surface area contributed by atoms with Gasteiger partial charge in [-0.25, -0.2) is 0 Å². The van der Waals surface area contributed by atoms with Crippen LogP contribution in [0.4, 0.5) is 0 Å². The van der Waals surface area contributed by atoms with E-state index in [4.69, 9.17) is 4.74 Å². The summed E-state index contributed by atoms with van der Waals surface area (Å²) < 4.78 is 8.69. The van der Waals surface area contributed by atoms with Crippen LogP contribution in [-0.2, 0) is 6.61 Å². The van der Waals surface area contributed by atoms with Gasteiger partial charge in [0.15, 0.2) is 0 Å². The molecule has 1 unspecified atom stereocenters. The van der Waals surface area contributed by atoms with E-state index in [1.165, 1.54) is 0 Å². The lowest BCUT2D eigenvalue weighted by Gasteiger charge is -2.13. The predicted molar refractivity (Wildman–Crippen MR) is 86.3 cm³/mol. The number of rotatable bonds is 6. The molecule has 2 atom stereocenters. The molecule has 0 bridgehead atoms. The second kappa shape index (κ2) is 7.09. The van der Waals surface area contributed by atoms with Crippen LogP contribution in [0.3, 0.4) is 0 Å². The van der Waals surface area contributed by atoms with Crippen LogP contribution < -0.4 is 4.74 Å². The van der Waals surface area contributed by atoms with Crippen molar-refractivity contribution in [1.29, 1.82) is 0 Å². The third-order valence-electron chi connectivity index (χ3n) is 3.50. The molecule has 5 heteroatoms. The Morgan fingerprint density at radius 2 is 2.10 bits per heavy atom. The lowest BCUT2D eigenvalue weighted by atomic mass is 10.1. The van der Waals surface area contributed by atoms with E-state index < -0.39 is 6.10 Å². The molecule has 0 spiro atoms. The van der Waals surface area contributed by atoms with E-state index in [0.29, 0.717) is 18.4 Å². The number of ether oxygens (including phenoxy) is 1. The second-order valence-electron chi connectivity index (χ2n) is 5.19. The van der Waals surface area contributed by atoms with Gasteiger partial charge in [0.05, 0.1) is 11.8 Å². The van der Waals surface area contributed by atoms with Crippen molar-refractivity contribution >= 4 is 15.9 Å². The summed E-state index contributed by atoms with van der Waals surface area (Å²) in [6, 6.07) is 7.99. The first-order valence-electron chi connectivity index (χ1n) is 7.15. The predicted octanol–water partition coefficient (Wildman–Crippen LogP) is 4.25. The van der Waals surface area contributed by atoms with Crippen molar-refractivity contribution in [2.45, 2.75) is 45.9 Å². The number of hydrogen-bond donors (Lipinski definition) is 1. The maximum absolute atomic E-state index is 9.81. The van der Waals surface area contributed by atoms with E-state index in [1.54, 1.807) is 6.92 Å². The van der Waals surface area contributed by atoms with Crippen molar-refractivity contribution < 1.29 is 9.84 Å². The highest BCUT2D eigenvalue weighted by molar-refractivity contribution is 9.10. The third-order valence-corrected chi connectivity index (χ3v) is 4.00. The Morgan fingerprint density at radius 1 is 1.33 bits per heavy atom. The van der Waals surface area contributed by atoms with Gasteiger partial charge in [0, 0.05) is 22.3 Å². The standard InChI is InChI=1S/C16H21BrN2O2/c1-4-11(2)19-8-7-14(18-19)10-21-16-6-5-13(17)9-15(16)12(3)20/h5-9,11-12,20H,4,10H2,1-3H3/t11?,12-/m1/s1. The third kappa shape index (κ3) is 4.08. The molecule has 1 N–H and O–H groups in total. The SMILES string of the molecule is CCC(C)n1ccc(COc2ccc(Br)cc2[C@@H](C)O)n1. The molecule has 0 radical (unpaired) electrons. The van der Waals surface area contributed by atoms with Crippen LogP contribution in [0.25, 0.3) is 0 Å². The Kier molecular flexibility index (Phi) is 5.42. The zero-order valence-corrected chi connectivity index (χ0v) is 14.2. The van der Waals surface area contributed by atoms with E-state index in [0.717, 1.165) is 22.2 Å². The molecule has 0 aliphatic carbocycles. The monoisotopic (exact) mass is 352 g/mol. The fourth-order valence-corrected chi connectivity index (χ4v) is 2.39. The minimum absolute atomic E-state index is 0.388. The highest BCUT2D eigenvalue weighted by Crippen LogP contribution is 2.29. The number of benzene rings is 1. The van der Waals surface area contributed by atoms with Crippen LogP contribution in [-0.4, -0.2) is 14.9 Å². The first kappa shape index (κ1) is 16.0. The summed E-state index contributed by atoms with van der Waals surface area (Å²) in [6.07, 6.45) is 2.44. The molecule has 1 aromatic heterocycles. The fourth-order valence-electron chi connectivity index (χ4n) is 2.02. The fraction of sp³-hybridized carbons (Fsp3) is 0.438. The average molecular weight is 353 g/mol. The Morgan fingerprint density at radius 3 is 2.76 bits per heavy atom. The number of aliphatic hydroxyl groups excluding tert-OH is 1. The van der Waals surface area contributed by atoms with Crippen LogP contribution in [0.2, 0.25) is 0 Å². The van der Waals surface area contributed by atoms with Gasteiger partial charge in [0.2, 0.25) is 0 Å². The molecular weight excluding hydrogens is 332 g/mol. The van der Waals surface area contributed by atoms with Gasteiger partial charge in [-0.05, 0) is 44.5 Å². The van der Waals surface area contributed by atoms with Crippen LogP contribution in [0.1, 0.15) is 50.6 Å².